The summed E-state index contributed by atoms with van der Waals surface area (Å²) in [7, 11) is 4.73. The molecular weight excluding hydrogens is 399 g/mol. The lowest BCUT2D eigenvalue weighted by atomic mass is 10.0. The largest absolute Gasteiger partial charge is 0.493 e. The zero-order valence-electron chi connectivity index (χ0n) is 17.6. The van der Waals surface area contributed by atoms with Crippen molar-refractivity contribution in [2.75, 3.05) is 21.3 Å². The molecule has 0 aliphatic rings. The predicted molar refractivity (Wildman–Crippen MR) is 114 cm³/mol. The van der Waals surface area contributed by atoms with E-state index in [4.69, 9.17) is 14.2 Å². The summed E-state index contributed by atoms with van der Waals surface area (Å²) in [5.41, 5.74) is 3.86. The fourth-order valence-corrected chi connectivity index (χ4v) is 3.59. The van der Waals surface area contributed by atoms with Crippen LogP contribution in [-0.4, -0.2) is 41.3 Å². The number of nitrogens with one attached hydrogen (secondary N) is 1. The van der Waals surface area contributed by atoms with Crippen molar-refractivity contribution < 1.29 is 18.6 Å². The van der Waals surface area contributed by atoms with Gasteiger partial charge in [0.2, 0.25) is 11.7 Å². The first-order valence-corrected chi connectivity index (χ1v) is 9.82. The molecule has 0 saturated heterocycles. The molecule has 0 fully saturated rings. The summed E-state index contributed by atoms with van der Waals surface area (Å²) in [5, 5.41) is 0.883. The molecule has 160 valence electrons. The average molecular weight is 422 g/mol. The summed E-state index contributed by atoms with van der Waals surface area (Å²) in [6, 6.07) is 7.44. The molecular formula is C23H23FN4O3. The molecule has 0 saturated carbocycles. The maximum absolute atomic E-state index is 14.7. The third kappa shape index (κ3) is 4.28. The van der Waals surface area contributed by atoms with Crippen molar-refractivity contribution in [3.8, 4) is 17.2 Å². The number of hydrogen-bond acceptors (Lipinski definition) is 6. The Labute approximate surface area is 179 Å². The second kappa shape index (κ2) is 8.99. The summed E-state index contributed by atoms with van der Waals surface area (Å²) in [5.74, 6) is 1.27. The summed E-state index contributed by atoms with van der Waals surface area (Å²) < 4.78 is 30.8. The number of ether oxygens (including phenoxy) is 3. The third-order valence-electron chi connectivity index (χ3n) is 5.20. The minimum atomic E-state index is -0.464. The van der Waals surface area contributed by atoms with E-state index < -0.39 is 5.95 Å². The van der Waals surface area contributed by atoms with Gasteiger partial charge in [-0.3, -0.25) is 0 Å². The minimum absolute atomic E-state index is 0.416. The number of hydrogen-bond donors (Lipinski definition) is 1. The van der Waals surface area contributed by atoms with Crippen LogP contribution in [0.25, 0.3) is 11.0 Å². The van der Waals surface area contributed by atoms with Crippen molar-refractivity contribution in [1.82, 2.24) is 19.9 Å². The second-order valence-electron chi connectivity index (χ2n) is 7.06. The first-order chi connectivity index (χ1) is 15.1. The molecule has 0 spiro atoms. The fraction of sp³-hybridized carbons (Fsp3) is 0.261. The third-order valence-corrected chi connectivity index (χ3v) is 5.20. The maximum Gasteiger partial charge on any atom is 0.216 e. The number of methoxy groups -OCH3 is 3. The van der Waals surface area contributed by atoms with Gasteiger partial charge in [0.25, 0.3) is 0 Å². The van der Waals surface area contributed by atoms with Crippen LogP contribution in [0.15, 0.2) is 43.0 Å². The Morgan fingerprint density at radius 1 is 0.968 bits per heavy atom. The molecule has 0 amide bonds. The molecule has 0 atom stereocenters. The minimum Gasteiger partial charge on any atom is -0.493 e. The van der Waals surface area contributed by atoms with Crippen LogP contribution in [0.4, 0.5) is 4.39 Å². The van der Waals surface area contributed by atoms with Crippen molar-refractivity contribution in [3.63, 3.8) is 0 Å². The molecule has 0 aliphatic carbocycles. The number of aromatic nitrogens is 4. The van der Waals surface area contributed by atoms with Gasteiger partial charge in [-0.2, -0.15) is 4.39 Å². The Kier molecular flexibility index (Phi) is 5.97. The number of H-pyrrole nitrogens is 1. The van der Waals surface area contributed by atoms with Crippen LogP contribution < -0.4 is 14.2 Å². The van der Waals surface area contributed by atoms with E-state index in [0.29, 0.717) is 47.8 Å². The van der Waals surface area contributed by atoms with E-state index in [0.717, 1.165) is 22.2 Å². The number of halogens is 1. The first kappa shape index (κ1) is 20.6. The van der Waals surface area contributed by atoms with E-state index >= 15 is 0 Å². The number of fused-ring (bicyclic) bond motifs is 1. The molecule has 0 unspecified atom stereocenters. The Morgan fingerprint density at radius 2 is 1.74 bits per heavy atom. The number of rotatable bonds is 8. The molecule has 0 aliphatic heterocycles. The quantitative estimate of drug-likeness (QED) is 0.434. The van der Waals surface area contributed by atoms with Crippen LogP contribution >= 0.6 is 0 Å². The summed E-state index contributed by atoms with van der Waals surface area (Å²) in [6.07, 6.45) is 6.69. The predicted octanol–water partition coefficient (Wildman–Crippen LogP) is 3.89. The summed E-state index contributed by atoms with van der Waals surface area (Å²) in [4.78, 5) is 15.5. The topological polar surface area (TPSA) is 82.2 Å². The smallest absolute Gasteiger partial charge is 0.216 e. The lowest BCUT2D eigenvalue weighted by Crippen LogP contribution is -2.02. The lowest BCUT2D eigenvalue weighted by molar-refractivity contribution is 0.324. The standard InChI is InChI=1S/C23H23FN4O3/c1-29-19-8-14(9-20(30-2)21(19)31-3)4-6-17-7-5-15(22(24)28-17)10-16-11-26-23-18(16)12-25-13-27-23/h5,7-9,11-13H,4,6,10H2,1-3H3,(H,25,26,27). The molecule has 0 radical (unpaired) electrons. The van der Waals surface area contributed by atoms with Gasteiger partial charge in [-0.25, -0.2) is 15.0 Å². The van der Waals surface area contributed by atoms with E-state index in [1.807, 2.05) is 24.4 Å². The van der Waals surface area contributed by atoms with Gasteiger partial charge in [0.1, 0.15) is 12.0 Å². The number of pyridine rings is 1. The number of benzene rings is 1. The average Bonchev–Trinajstić information content (AvgIpc) is 3.21. The van der Waals surface area contributed by atoms with Gasteiger partial charge in [-0.05, 0) is 42.2 Å². The van der Waals surface area contributed by atoms with E-state index in [-0.39, 0.29) is 0 Å². The highest BCUT2D eigenvalue weighted by molar-refractivity contribution is 5.78. The van der Waals surface area contributed by atoms with E-state index in [1.54, 1.807) is 33.6 Å². The van der Waals surface area contributed by atoms with Gasteiger partial charge >= 0.3 is 0 Å². The van der Waals surface area contributed by atoms with Crippen LogP contribution in [0, 0.1) is 5.95 Å². The number of aromatic amines is 1. The molecule has 31 heavy (non-hydrogen) atoms. The van der Waals surface area contributed by atoms with Gasteiger partial charge in [-0.15, -0.1) is 0 Å². The Morgan fingerprint density at radius 3 is 2.42 bits per heavy atom. The molecule has 4 rings (SSSR count). The molecule has 7 nitrogen and oxygen atoms in total. The highest BCUT2D eigenvalue weighted by Crippen LogP contribution is 2.38. The van der Waals surface area contributed by atoms with Crippen LogP contribution in [0.2, 0.25) is 0 Å². The SMILES string of the molecule is COc1cc(CCc2ccc(Cc3c[nH]c4ncncc34)c(F)n2)cc(OC)c1OC. The highest BCUT2D eigenvalue weighted by Gasteiger charge is 2.14. The molecule has 3 aromatic heterocycles. The number of nitrogens with zero attached hydrogens (tertiary/aromatic N) is 3. The van der Waals surface area contributed by atoms with Gasteiger partial charge in [0, 0.05) is 35.5 Å². The first-order valence-electron chi connectivity index (χ1n) is 9.82. The normalized spacial score (nSPS) is 11.0. The zero-order valence-corrected chi connectivity index (χ0v) is 17.6. The van der Waals surface area contributed by atoms with Crippen molar-refractivity contribution in [3.05, 3.63) is 71.3 Å². The lowest BCUT2D eigenvalue weighted by Gasteiger charge is -2.14. The second-order valence-corrected chi connectivity index (χ2v) is 7.06. The van der Waals surface area contributed by atoms with Crippen molar-refractivity contribution in [2.24, 2.45) is 0 Å². The Hall–Kier alpha value is -3.68. The highest BCUT2D eigenvalue weighted by atomic mass is 19.1. The summed E-state index contributed by atoms with van der Waals surface area (Å²) >= 11 is 0. The fourth-order valence-electron chi connectivity index (χ4n) is 3.59. The van der Waals surface area contributed by atoms with Crippen LogP contribution in [-0.2, 0) is 19.3 Å². The van der Waals surface area contributed by atoms with E-state index in [9.17, 15) is 4.39 Å². The van der Waals surface area contributed by atoms with Crippen LogP contribution in [0.3, 0.4) is 0 Å². The van der Waals surface area contributed by atoms with Crippen LogP contribution in [0.5, 0.6) is 17.2 Å². The summed E-state index contributed by atoms with van der Waals surface area (Å²) in [6.45, 7) is 0. The Balaban J connectivity index is 1.49. The number of aryl methyl sites for hydroxylation is 2. The van der Waals surface area contributed by atoms with Crippen molar-refractivity contribution in [2.45, 2.75) is 19.3 Å². The van der Waals surface area contributed by atoms with Crippen LogP contribution in [0.1, 0.15) is 22.4 Å². The zero-order chi connectivity index (χ0) is 21.8. The molecule has 0 bridgehead atoms. The van der Waals surface area contributed by atoms with Gasteiger partial charge < -0.3 is 19.2 Å². The van der Waals surface area contributed by atoms with Crippen molar-refractivity contribution >= 4 is 11.0 Å². The van der Waals surface area contributed by atoms with Crippen molar-refractivity contribution in [1.29, 1.82) is 0 Å². The van der Waals surface area contributed by atoms with E-state index in [2.05, 4.69) is 19.9 Å². The molecule has 3 heterocycles. The molecule has 1 aromatic carbocycles. The van der Waals surface area contributed by atoms with Gasteiger partial charge in [-0.1, -0.05) is 6.07 Å². The monoisotopic (exact) mass is 422 g/mol. The van der Waals surface area contributed by atoms with Gasteiger partial charge in [0.05, 0.1) is 21.3 Å². The molecule has 4 aromatic rings. The van der Waals surface area contributed by atoms with Gasteiger partial charge in [0.15, 0.2) is 11.5 Å². The Bertz CT molecular complexity index is 1180. The maximum atomic E-state index is 14.7. The molecule has 1 N–H and O–H groups in total. The molecule has 8 heteroatoms. The van der Waals surface area contributed by atoms with E-state index in [1.165, 1.54) is 6.33 Å².